The average molecular weight is 257 g/mol. The molecular weight excluding hydrogens is 246 g/mol. The van der Waals surface area contributed by atoms with Crippen molar-refractivity contribution >= 4 is 27.4 Å². The molecule has 0 aliphatic rings. The maximum absolute atomic E-state index is 5.49. The van der Waals surface area contributed by atoms with E-state index in [1.807, 2.05) is 23.6 Å². The van der Waals surface area contributed by atoms with Crippen LogP contribution < -0.4 is 11.3 Å². The SMILES string of the molecule is NNc1nc(Cc2ccncc2)nc2sccc12. The highest BCUT2D eigenvalue weighted by Gasteiger charge is 2.08. The Labute approximate surface area is 108 Å². The second-order valence-corrected chi connectivity index (χ2v) is 4.70. The van der Waals surface area contributed by atoms with Crippen molar-refractivity contribution in [1.29, 1.82) is 0 Å². The van der Waals surface area contributed by atoms with Crippen LogP contribution in [0.3, 0.4) is 0 Å². The van der Waals surface area contributed by atoms with Crippen molar-refractivity contribution in [2.45, 2.75) is 6.42 Å². The van der Waals surface area contributed by atoms with Crippen molar-refractivity contribution < 1.29 is 0 Å². The Morgan fingerprint density at radius 2 is 2.00 bits per heavy atom. The van der Waals surface area contributed by atoms with E-state index in [1.54, 1.807) is 23.7 Å². The van der Waals surface area contributed by atoms with E-state index in [-0.39, 0.29) is 0 Å². The second-order valence-electron chi connectivity index (χ2n) is 3.80. The molecule has 3 N–H and O–H groups in total. The molecule has 6 heteroatoms. The van der Waals surface area contributed by atoms with Crippen molar-refractivity contribution in [3.8, 4) is 0 Å². The number of nitrogens with one attached hydrogen (secondary N) is 1. The van der Waals surface area contributed by atoms with Gasteiger partial charge in [0.2, 0.25) is 0 Å². The van der Waals surface area contributed by atoms with Gasteiger partial charge in [-0.15, -0.1) is 11.3 Å². The van der Waals surface area contributed by atoms with Gasteiger partial charge in [0.15, 0.2) is 5.82 Å². The molecule has 90 valence electrons. The minimum absolute atomic E-state index is 0.672. The lowest BCUT2D eigenvalue weighted by atomic mass is 10.2. The number of anilines is 1. The minimum Gasteiger partial charge on any atom is -0.308 e. The number of hydrogen-bond acceptors (Lipinski definition) is 6. The molecule has 3 heterocycles. The van der Waals surface area contributed by atoms with Crippen molar-refractivity contribution in [2.24, 2.45) is 5.84 Å². The lowest BCUT2D eigenvalue weighted by molar-refractivity contribution is 0.989. The van der Waals surface area contributed by atoms with Crippen LogP contribution in [-0.2, 0) is 6.42 Å². The fourth-order valence-electron chi connectivity index (χ4n) is 1.77. The molecule has 0 spiro atoms. The van der Waals surface area contributed by atoms with E-state index in [1.165, 1.54) is 0 Å². The Hall–Kier alpha value is -2.05. The van der Waals surface area contributed by atoms with Crippen LogP contribution in [-0.4, -0.2) is 15.0 Å². The van der Waals surface area contributed by atoms with Gasteiger partial charge in [0.25, 0.3) is 0 Å². The van der Waals surface area contributed by atoms with Crippen molar-refractivity contribution in [2.75, 3.05) is 5.43 Å². The third-order valence-electron chi connectivity index (χ3n) is 2.62. The first-order chi connectivity index (χ1) is 8.86. The van der Waals surface area contributed by atoms with Gasteiger partial charge in [0, 0.05) is 18.8 Å². The first kappa shape index (κ1) is 11.1. The van der Waals surface area contributed by atoms with Crippen LogP contribution >= 0.6 is 11.3 Å². The number of hydrazine groups is 1. The molecule has 0 aromatic carbocycles. The van der Waals surface area contributed by atoms with E-state index in [9.17, 15) is 0 Å². The van der Waals surface area contributed by atoms with Gasteiger partial charge in [-0.1, -0.05) is 0 Å². The van der Waals surface area contributed by atoms with Crippen LogP contribution in [0.5, 0.6) is 0 Å². The minimum atomic E-state index is 0.672. The summed E-state index contributed by atoms with van der Waals surface area (Å²) in [7, 11) is 0. The molecule has 0 aliphatic heterocycles. The van der Waals surface area contributed by atoms with Gasteiger partial charge in [-0.3, -0.25) is 4.98 Å². The Kier molecular flexibility index (Phi) is 2.87. The fourth-order valence-corrected chi connectivity index (χ4v) is 2.55. The zero-order valence-corrected chi connectivity index (χ0v) is 10.3. The summed E-state index contributed by atoms with van der Waals surface area (Å²) in [6.07, 6.45) is 4.20. The van der Waals surface area contributed by atoms with Gasteiger partial charge in [-0.2, -0.15) is 0 Å². The Balaban J connectivity index is 2.02. The number of aromatic nitrogens is 3. The van der Waals surface area contributed by atoms with E-state index in [2.05, 4.69) is 20.4 Å². The molecule has 0 bridgehead atoms. The first-order valence-electron chi connectivity index (χ1n) is 5.46. The molecule has 0 saturated heterocycles. The highest BCUT2D eigenvalue weighted by molar-refractivity contribution is 7.16. The number of hydrogen-bond donors (Lipinski definition) is 2. The van der Waals surface area contributed by atoms with Crippen LogP contribution in [0, 0.1) is 0 Å². The molecule has 0 amide bonds. The van der Waals surface area contributed by atoms with Gasteiger partial charge in [-0.25, -0.2) is 15.8 Å². The van der Waals surface area contributed by atoms with Gasteiger partial charge >= 0.3 is 0 Å². The quantitative estimate of drug-likeness (QED) is 0.554. The van der Waals surface area contributed by atoms with E-state index in [4.69, 9.17) is 5.84 Å². The van der Waals surface area contributed by atoms with Crippen LogP contribution in [0.15, 0.2) is 36.0 Å². The number of fused-ring (bicyclic) bond motifs is 1. The molecule has 0 atom stereocenters. The number of pyridine rings is 1. The maximum Gasteiger partial charge on any atom is 0.152 e. The molecule has 0 unspecified atom stereocenters. The molecule has 3 aromatic rings. The summed E-state index contributed by atoms with van der Waals surface area (Å²) in [6.45, 7) is 0. The second kappa shape index (κ2) is 4.67. The van der Waals surface area contributed by atoms with Crippen molar-refractivity contribution in [3.05, 3.63) is 47.4 Å². The monoisotopic (exact) mass is 257 g/mol. The molecule has 18 heavy (non-hydrogen) atoms. The molecule has 5 nitrogen and oxygen atoms in total. The van der Waals surface area contributed by atoms with Crippen molar-refractivity contribution in [3.63, 3.8) is 0 Å². The third-order valence-corrected chi connectivity index (χ3v) is 3.43. The summed E-state index contributed by atoms with van der Waals surface area (Å²) in [5, 5.41) is 2.94. The standard InChI is InChI=1S/C12H11N5S/c13-17-11-9-3-6-18-12(9)16-10(15-11)7-8-1-4-14-5-2-8/h1-6H,7,13H2,(H,15,16,17). The van der Waals surface area contributed by atoms with Crippen LogP contribution in [0.4, 0.5) is 5.82 Å². The van der Waals surface area contributed by atoms with Gasteiger partial charge < -0.3 is 5.43 Å². The molecule has 0 aliphatic carbocycles. The molecule has 3 aromatic heterocycles. The van der Waals surface area contributed by atoms with E-state index >= 15 is 0 Å². The number of thiophene rings is 1. The normalized spacial score (nSPS) is 10.7. The predicted molar refractivity (Wildman–Crippen MR) is 72.3 cm³/mol. The highest BCUT2D eigenvalue weighted by atomic mass is 32.1. The Bertz CT molecular complexity index is 665. The number of nitrogens with zero attached hydrogens (tertiary/aromatic N) is 3. The predicted octanol–water partition coefficient (Wildman–Crippen LogP) is 1.96. The molecule has 3 rings (SSSR count). The molecular formula is C12H11N5S. The van der Waals surface area contributed by atoms with Gasteiger partial charge in [0.05, 0.1) is 5.39 Å². The Morgan fingerprint density at radius 1 is 1.17 bits per heavy atom. The number of nitrogen functional groups attached to an aromatic ring is 1. The summed E-state index contributed by atoms with van der Waals surface area (Å²) in [5.41, 5.74) is 3.75. The average Bonchev–Trinajstić information content (AvgIpc) is 2.87. The molecule has 0 saturated carbocycles. The lowest BCUT2D eigenvalue weighted by Crippen LogP contribution is -2.10. The highest BCUT2D eigenvalue weighted by Crippen LogP contribution is 2.24. The fraction of sp³-hybridized carbons (Fsp3) is 0.0833. The maximum atomic E-state index is 5.49. The van der Waals surface area contributed by atoms with E-state index in [0.717, 1.165) is 21.6 Å². The smallest absolute Gasteiger partial charge is 0.152 e. The zero-order chi connectivity index (χ0) is 12.4. The van der Waals surface area contributed by atoms with Crippen LogP contribution in [0.25, 0.3) is 10.2 Å². The van der Waals surface area contributed by atoms with Gasteiger partial charge in [0.1, 0.15) is 10.7 Å². The van der Waals surface area contributed by atoms with Crippen LogP contribution in [0.2, 0.25) is 0 Å². The van der Waals surface area contributed by atoms with Crippen LogP contribution in [0.1, 0.15) is 11.4 Å². The van der Waals surface area contributed by atoms with Crippen molar-refractivity contribution in [1.82, 2.24) is 15.0 Å². The van der Waals surface area contributed by atoms with Gasteiger partial charge in [-0.05, 0) is 29.1 Å². The topological polar surface area (TPSA) is 76.7 Å². The number of nitrogens with two attached hydrogens (primary N) is 1. The largest absolute Gasteiger partial charge is 0.308 e. The van der Waals surface area contributed by atoms with E-state index < -0.39 is 0 Å². The molecule has 0 fully saturated rings. The summed E-state index contributed by atoms with van der Waals surface area (Å²) in [4.78, 5) is 13.9. The lowest BCUT2D eigenvalue weighted by Gasteiger charge is -2.05. The summed E-state index contributed by atoms with van der Waals surface area (Å²) >= 11 is 1.58. The summed E-state index contributed by atoms with van der Waals surface area (Å²) in [5.74, 6) is 6.92. The Morgan fingerprint density at radius 3 is 2.78 bits per heavy atom. The summed E-state index contributed by atoms with van der Waals surface area (Å²) < 4.78 is 0. The summed E-state index contributed by atoms with van der Waals surface area (Å²) in [6, 6.07) is 5.88. The van der Waals surface area contributed by atoms with E-state index in [0.29, 0.717) is 12.2 Å². The zero-order valence-electron chi connectivity index (χ0n) is 9.50. The molecule has 0 radical (unpaired) electrons. The first-order valence-corrected chi connectivity index (χ1v) is 6.34. The third kappa shape index (κ3) is 2.03. The number of rotatable bonds is 3.